The summed E-state index contributed by atoms with van der Waals surface area (Å²) in [6, 6.07) is 10.1. The minimum absolute atomic E-state index is 0.0722. The molecule has 2 N–H and O–H groups in total. The zero-order valence-electron chi connectivity index (χ0n) is 12.1. The lowest BCUT2D eigenvalue weighted by molar-refractivity contribution is -0.122. The second kappa shape index (κ2) is 6.54. The average molecular weight is 304 g/mol. The van der Waals surface area contributed by atoms with E-state index in [-0.39, 0.29) is 18.0 Å². The topological polar surface area (TPSA) is 54.3 Å². The summed E-state index contributed by atoms with van der Waals surface area (Å²) in [5, 5.41) is 7.47. The maximum atomic E-state index is 12.1. The lowest BCUT2D eigenvalue weighted by Crippen LogP contribution is -2.41. The van der Waals surface area contributed by atoms with Crippen molar-refractivity contribution in [2.45, 2.75) is 25.4 Å². The number of benzene rings is 1. The number of thioether (sulfide) groups is 1. The fourth-order valence-corrected chi connectivity index (χ4v) is 3.51. The molecule has 1 fully saturated rings. The highest BCUT2D eigenvalue weighted by Gasteiger charge is 2.19. The highest BCUT2D eigenvalue weighted by atomic mass is 32.2. The van der Waals surface area contributed by atoms with Crippen LogP contribution in [0.3, 0.4) is 0 Å². The lowest BCUT2D eigenvalue weighted by Gasteiger charge is -2.23. The van der Waals surface area contributed by atoms with Crippen molar-refractivity contribution in [1.29, 1.82) is 0 Å². The van der Waals surface area contributed by atoms with E-state index in [4.69, 9.17) is 4.42 Å². The first kappa shape index (κ1) is 14.5. The van der Waals surface area contributed by atoms with Gasteiger partial charge in [0.05, 0.1) is 6.04 Å². The van der Waals surface area contributed by atoms with E-state index in [0.717, 1.165) is 34.8 Å². The Kier molecular flexibility index (Phi) is 4.51. The van der Waals surface area contributed by atoms with Crippen LogP contribution in [0.1, 0.15) is 25.1 Å². The molecule has 2 heterocycles. The Hall–Kier alpha value is -1.46. The molecular formula is C16H20N2O2S. The van der Waals surface area contributed by atoms with Gasteiger partial charge in [-0.3, -0.25) is 4.79 Å². The van der Waals surface area contributed by atoms with E-state index in [1.54, 1.807) is 0 Å². The average Bonchev–Trinajstić information content (AvgIpc) is 2.92. The van der Waals surface area contributed by atoms with E-state index in [1.807, 2.05) is 49.0 Å². The summed E-state index contributed by atoms with van der Waals surface area (Å²) in [5.74, 6) is 3.01. The van der Waals surface area contributed by atoms with Crippen molar-refractivity contribution in [1.82, 2.24) is 10.6 Å². The third kappa shape index (κ3) is 3.60. The maximum absolute atomic E-state index is 12.1. The van der Waals surface area contributed by atoms with Crippen molar-refractivity contribution in [3.63, 3.8) is 0 Å². The summed E-state index contributed by atoms with van der Waals surface area (Å²) in [5.41, 5.74) is 0.860. The molecule has 2 atom stereocenters. The summed E-state index contributed by atoms with van der Waals surface area (Å²) < 4.78 is 5.79. The molecule has 0 radical (unpaired) electrons. The first-order chi connectivity index (χ1) is 10.2. The van der Waals surface area contributed by atoms with Crippen molar-refractivity contribution in [2.24, 2.45) is 0 Å². The van der Waals surface area contributed by atoms with Gasteiger partial charge in [0.25, 0.3) is 0 Å². The van der Waals surface area contributed by atoms with Gasteiger partial charge in [0.2, 0.25) is 5.91 Å². The van der Waals surface area contributed by atoms with E-state index in [9.17, 15) is 4.79 Å². The quantitative estimate of drug-likeness (QED) is 0.912. The number of carbonyl (C=O) groups is 1. The number of para-hydroxylation sites is 1. The Morgan fingerprint density at radius 2 is 2.38 bits per heavy atom. The molecule has 2 unspecified atom stereocenters. The fourth-order valence-electron chi connectivity index (χ4n) is 2.56. The second-order valence-electron chi connectivity index (χ2n) is 5.41. The van der Waals surface area contributed by atoms with Crippen molar-refractivity contribution in [3.05, 3.63) is 36.1 Å². The largest absolute Gasteiger partial charge is 0.459 e. The van der Waals surface area contributed by atoms with Gasteiger partial charge >= 0.3 is 0 Å². The molecule has 1 aromatic heterocycles. The van der Waals surface area contributed by atoms with Crippen LogP contribution < -0.4 is 10.6 Å². The number of hydrogen-bond donors (Lipinski definition) is 2. The molecule has 2 aromatic rings. The molecule has 1 aliphatic rings. The molecule has 1 saturated heterocycles. The second-order valence-corrected chi connectivity index (χ2v) is 6.56. The highest BCUT2D eigenvalue weighted by molar-refractivity contribution is 7.99. The first-order valence-electron chi connectivity index (χ1n) is 7.31. The third-order valence-corrected chi connectivity index (χ3v) is 4.81. The molecule has 0 spiro atoms. The molecule has 1 aromatic carbocycles. The van der Waals surface area contributed by atoms with Gasteiger partial charge in [0.15, 0.2) is 0 Å². The summed E-state index contributed by atoms with van der Waals surface area (Å²) in [6.07, 6.45) is 0.525. The Morgan fingerprint density at radius 1 is 1.52 bits per heavy atom. The first-order valence-corrected chi connectivity index (χ1v) is 8.47. The summed E-state index contributed by atoms with van der Waals surface area (Å²) in [6.45, 7) is 2.94. The number of rotatable bonds is 4. The molecule has 112 valence electrons. The number of carbonyl (C=O) groups excluding carboxylic acids is 1. The van der Waals surface area contributed by atoms with E-state index < -0.39 is 0 Å². The predicted octanol–water partition coefficient (Wildman–Crippen LogP) is 2.71. The van der Waals surface area contributed by atoms with Crippen LogP contribution in [0.2, 0.25) is 0 Å². The molecule has 4 nitrogen and oxygen atoms in total. The SMILES string of the molecule is CC(NC(=O)CC1CSCCN1)c1cc2ccccc2o1. The van der Waals surface area contributed by atoms with Gasteiger partial charge in [0, 0.05) is 35.9 Å². The van der Waals surface area contributed by atoms with Crippen LogP contribution in [0.5, 0.6) is 0 Å². The van der Waals surface area contributed by atoms with E-state index >= 15 is 0 Å². The zero-order valence-corrected chi connectivity index (χ0v) is 12.9. The predicted molar refractivity (Wildman–Crippen MR) is 86.5 cm³/mol. The minimum Gasteiger partial charge on any atom is -0.459 e. The molecular weight excluding hydrogens is 284 g/mol. The number of nitrogens with one attached hydrogen (secondary N) is 2. The normalized spacial score (nSPS) is 20.3. The smallest absolute Gasteiger partial charge is 0.222 e. The maximum Gasteiger partial charge on any atom is 0.222 e. The Bertz CT molecular complexity index is 587. The summed E-state index contributed by atoms with van der Waals surface area (Å²) >= 11 is 1.90. The van der Waals surface area contributed by atoms with Crippen LogP contribution in [0.15, 0.2) is 34.7 Å². The van der Waals surface area contributed by atoms with Crippen LogP contribution in [0.25, 0.3) is 11.0 Å². The van der Waals surface area contributed by atoms with Crippen molar-refractivity contribution in [3.8, 4) is 0 Å². The van der Waals surface area contributed by atoms with Gasteiger partial charge in [-0.1, -0.05) is 18.2 Å². The van der Waals surface area contributed by atoms with Crippen LogP contribution in [0.4, 0.5) is 0 Å². The van der Waals surface area contributed by atoms with Crippen LogP contribution >= 0.6 is 11.8 Å². The molecule has 5 heteroatoms. The van der Waals surface area contributed by atoms with Crippen LogP contribution in [0, 0.1) is 0 Å². The van der Waals surface area contributed by atoms with Gasteiger partial charge in [-0.2, -0.15) is 11.8 Å². The molecule has 0 saturated carbocycles. The molecule has 1 aliphatic heterocycles. The molecule has 0 bridgehead atoms. The molecule has 0 aliphatic carbocycles. The summed E-state index contributed by atoms with van der Waals surface area (Å²) in [7, 11) is 0. The minimum atomic E-state index is -0.110. The lowest BCUT2D eigenvalue weighted by atomic mass is 10.2. The van der Waals surface area contributed by atoms with Gasteiger partial charge in [0.1, 0.15) is 11.3 Å². The van der Waals surface area contributed by atoms with E-state index in [0.29, 0.717) is 6.42 Å². The monoisotopic (exact) mass is 304 g/mol. The highest BCUT2D eigenvalue weighted by Crippen LogP contribution is 2.23. The van der Waals surface area contributed by atoms with Gasteiger partial charge in [-0.25, -0.2) is 0 Å². The standard InChI is InChI=1S/C16H20N2O2S/c1-11(15-8-12-4-2-3-5-14(12)20-15)18-16(19)9-13-10-21-7-6-17-13/h2-5,8,11,13,17H,6-7,9-10H2,1H3,(H,18,19). The van der Waals surface area contributed by atoms with Gasteiger partial charge < -0.3 is 15.1 Å². The Labute approximate surface area is 128 Å². The summed E-state index contributed by atoms with van der Waals surface area (Å²) in [4.78, 5) is 12.1. The van der Waals surface area contributed by atoms with Gasteiger partial charge in [-0.05, 0) is 19.1 Å². The number of amides is 1. The van der Waals surface area contributed by atoms with Crippen molar-refractivity contribution < 1.29 is 9.21 Å². The zero-order chi connectivity index (χ0) is 14.7. The van der Waals surface area contributed by atoms with Crippen molar-refractivity contribution >= 4 is 28.6 Å². The number of furan rings is 1. The van der Waals surface area contributed by atoms with E-state index in [1.165, 1.54) is 0 Å². The fraction of sp³-hybridized carbons (Fsp3) is 0.438. The molecule has 1 amide bonds. The Balaban J connectivity index is 1.59. The van der Waals surface area contributed by atoms with Crippen LogP contribution in [-0.4, -0.2) is 30.0 Å². The number of fused-ring (bicyclic) bond motifs is 1. The Morgan fingerprint density at radius 3 is 3.14 bits per heavy atom. The van der Waals surface area contributed by atoms with Crippen LogP contribution in [-0.2, 0) is 4.79 Å². The molecule has 21 heavy (non-hydrogen) atoms. The third-order valence-electron chi connectivity index (χ3n) is 3.68. The molecule has 3 rings (SSSR count). The van der Waals surface area contributed by atoms with Crippen molar-refractivity contribution in [2.75, 3.05) is 18.1 Å². The number of hydrogen-bond acceptors (Lipinski definition) is 4. The van der Waals surface area contributed by atoms with Gasteiger partial charge in [-0.15, -0.1) is 0 Å². The van der Waals surface area contributed by atoms with E-state index in [2.05, 4.69) is 10.6 Å².